The Morgan fingerprint density at radius 1 is 1.05 bits per heavy atom. The lowest BCUT2D eigenvalue weighted by Gasteiger charge is -1.99. The minimum absolute atomic E-state index is 0.201. The van der Waals surface area contributed by atoms with Gasteiger partial charge >= 0.3 is 4.87 Å². The van der Waals surface area contributed by atoms with Crippen LogP contribution in [0.1, 0.15) is 20.9 Å². The van der Waals surface area contributed by atoms with Crippen LogP contribution in [0.25, 0.3) is 5.69 Å². The van der Waals surface area contributed by atoms with Crippen LogP contribution in [-0.4, -0.2) is 15.6 Å². The number of rotatable bonds is 3. The van der Waals surface area contributed by atoms with E-state index in [4.69, 9.17) is 0 Å². The molecule has 0 aliphatic rings. The Balaban J connectivity index is 2.00. The molecular weight excluding hydrogens is 284 g/mol. The maximum Gasteiger partial charge on any atom is 0.330 e. The molecule has 5 heteroatoms. The highest BCUT2D eigenvalue weighted by molar-refractivity contribution is 7.11. The zero-order valence-corrected chi connectivity index (χ0v) is 12.1. The van der Waals surface area contributed by atoms with Crippen LogP contribution in [0.3, 0.4) is 0 Å². The van der Waals surface area contributed by atoms with Crippen molar-refractivity contribution in [3.05, 3.63) is 80.4 Å². The first kappa shape index (κ1) is 13.5. The summed E-state index contributed by atoms with van der Waals surface area (Å²) in [5, 5.41) is 4.36. The summed E-state index contributed by atoms with van der Waals surface area (Å²) < 4.78 is 1.26. The SMILES string of the molecule is Cc1ccc(-n2nc(C(=O)c3ccccc3)sc2=O)cc1. The molecule has 0 aliphatic heterocycles. The second-order valence-electron chi connectivity index (χ2n) is 4.62. The molecule has 0 fully saturated rings. The van der Waals surface area contributed by atoms with E-state index in [0.29, 0.717) is 11.3 Å². The molecule has 4 nitrogen and oxygen atoms in total. The van der Waals surface area contributed by atoms with Crippen molar-refractivity contribution < 1.29 is 4.79 Å². The Bertz CT molecular complexity index is 833. The third kappa shape index (κ3) is 2.68. The molecule has 0 atom stereocenters. The second kappa shape index (κ2) is 5.46. The smallest absolute Gasteiger partial charge is 0.286 e. The van der Waals surface area contributed by atoms with Crippen molar-refractivity contribution in [3.63, 3.8) is 0 Å². The van der Waals surface area contributed by atoms with Crippen LogP contribution in [0, 0.1) is 6.92 Å². The minimum Gasteiger partial charge on any atom is -0.286 e. The van der Waals surface area contributed by atoms with E-state index in [1.165, 1.54) is 4.68 Å². The van der Waals surface area contributed by atoms with E-state index in [0.717, 1.165) is 16.9 Å². The largest absolute Gasteiger partial charge is 0.330 e. The van der Waals surface area contributed by atoms with Crippen molar-refractivity contribution in [3.8, 4) is 5.69 Å². The standard InChI is InChI=1S/C16H12N2O2S/c1-11-7-9-13(10-8-11)18-16(20)21-15(17-18)14(19)12-5-3-2-4-6-12/h2-10H,1H3. The summed E-state index contributed by atoms with van der Waals surface area (Å²) in [5.41, 5.74) is 2.29. The molecule has 3 aromatic rings. The minimum atomic E-state index is -0.266. The maximum absolute atomic E-state index is 12.3. The monoisotopic (exact) mass is 296 g/mol. The van der Waals surface area contributed by atoms with Crippen molar-refractivity contribution in [2.75, 3.05) is 0 Å². The first-order valence-corrected chi connectivity index (χ1v) is 7.24. The molecule has 0 amide bonds. The molecule has 0 radical (unpaired) electrons. The molecule has 21 heavy (non-hydrogen) atoms. The summed E-state index contributed by atoms with van der Waals surface area (Å²) in [7, 11) is 0. The van der Waals surface area contributed by atoms with Crippen LogP contribution < -0.4 is 4.87 Å². The van der Waals surface area contributed by atoms with Crippen LogP contribution in [0.15, 0.2) is 59.4 Å². The summed E-state index contributed by atoms with van der Waals surface area (Å²) in [5.74, 6) is -0.233. The molecule has 0 N–H and O–H groups in total. The fraction of sp³-hybridized carbons (Fsp3) is 0.0625. The van der Waals surface area contributed by atoms with Crippen molar-refractivity contribution in [2.24, 2.45) is 0 Å². The number of hydrogen-bond acceptors (Lipinski definition) is 4. The average molecular weight is 296 g/mol. The Morgan fingerprint density at radius 3 is 2.38 bits per heavy atom. The van der Waals surface area contributed by atoms with E-state index in [1.54, 1.807) is 24.3 Å². The van der Waals surface area contributed by atoms with Gasteiger partial charge in [0.25, 0.3) is 0 Å². The van der Waals surface area contributed by atoms with Gasteiger partial charge in [0, 0.05) is 5.56 Å². The highest BCUT2D eigenvalue weighted by atomic mass is 32.1. The van der Waals surface area contributed by atoms with Crippen LogP contribution in [0.2, 0.25) is 0 Å². The van der Waals surface area contributed by atoms with Crippen molar-refractivity contribution in [1.29, 1.82) is 0 Å². The van der Waals surface area contributed by atoms with Gasteiger partial charge in [-0.05, 0) is 30.4 Å². The molecule has 2 aromatic carbocycles. The number of nitrogens with zero attached hydrogens (tertiary/aromatic N) is 2. The molecule has 104 valence electrons. The molecular formula is C16H12N2O2S. The average Bonchev–Trinajstić information content (AvgIpc) is 2.90. The zero-order chi connectivity index (χ0) is 14.8. The first-order chi connectivity index (χ1) is 10.1. The third-order valence-corrected chi connectivity index (χ3v) is 3.86. The van der Waals surface area contributed by atoms with Gasteiger partial charge in [-0.2, -0.15) is 4.68 Å². The van der Waals surface area contributed by atoms with Crippen LogP contribution in [0.5, 0.6) is 0 Å². The Morgan fingerprint density at radius 2 is 1.71 bits per heavy atom. The first-order valence-electron chi connectivity index (χ1n) is 6.42. The fourth-order valence-electron chi connectivity index (χ4n) is 1.93. The van der Waals surface area contributed by atoms with Crippen LogP contribution >= 0.6 is 11.3 Å². The summed E-state index contributed by atoms with van der Waals surface area (Å²) in [4.78, 5) is 24.1. The number of benzene rings is 2. The number of aryl methyl sites for hydroxylation is 1. The molecule has 0 bridgehead atoms. The fourth-order valence-corrected chi connectivity index (χ4v) is 2.66. The summed E-state index contributed by atoms with van der Waals surface area (Å²) in [6.45, 7) is 1.97. The summed E-state index contributed by atoms with van der Waals surface area (Å²) in [6.07, 6.45) is 0. The van der Waals surface area contributed by atoms with Crippen LogP contribution in [0.4, 0.5) is 0 Å². The van der Waals surface area contributed by atoms with Crippen molar-refractivity contribution in [2.45, 2.75) is 6.92 Å². The van der Waals surface area contributed by atoms with Gasteiger partial charge in [0.15, 0.2) is 5.01 Å². The number of ketones is 1. The van der Waals surface area contributed by atoms with E-state index in [-0.39, 0.29) is 15.7 Å². The lowest BCUT2D eigenvalue weighted by molar-refractivity contribution is 0.103. The van der Waals surface area contributed by atoms with Gasteiger partial charge < -0.3 is 0 Å². The molecule has 0 unspecified atom stereocenters. The molecule has 1 aromatic heterocycles. The quantitative estimate of drug-likeness (QED) is 0.698. The van der Waals surface area contributed by atoms with Gasteiger partial charge in [-0.1, -0.05) is 48.0 Å². The van der Waals surface area contributed by atoms with E-state index in [9.17, 15) is 9.59 Å². The van der Waals surface area contributed by atoms with E-state index in [1.807, 2.05) is 37.3 Å². The molecule has 3 rings (SSSR count). The van der Waals surface area contributed by atoms with Gasteiger partial charge in [-0.3, -0.25) is 9.59 Å². The number of hydrogen-bond donors (Lipinski definition) is 0. The van der Waals surface area contributed by atoms with Gasteiger partial charge in [0.2, 0.25) is 5.78 Å². The van der Waals surface area contributed by atoms with Crippen molar-refractivity contribution >= 4 is 17.1 Å². The highest BCUT2D eigenvalue weighted by Crippen LogP contribution is 2.12. The van der Waals surface area contributed by atoms with E-state index in [2.05, 4.69) is 5.10 Å². The topological polar surface area (TPSA) is 52.0 Å². The van der Waals surface area contributed by atoms with Gasteiger partial charge in [-0.15, -0.1) is 5.10 Å². The number of aromatic nitrogens is 2. The third-order valence-electron chi connectivity index (χ3n) is 3.06. The lowest BCUT2D eigenvalue weighted by atomic mass is 10.1. The van der Waals surface area contributed by atoms with E-state index >= 15 is 0 Å². The lowest BCUT2D eigenvalue weighted by Crippen LogP contribution is -2.12. The Kier molecular flexibility index (Phi) is 3.50. The number of carbonyl (C=O) groups excluding carboxylic acids is 1. The highest BCUT2D eigenvalue weighted by Gasteiger charge is 2.16. The molecule has 1 heterocycles. The molecule has 0 spiro atoms. The van der Waals surface area contributed by atoms with Gasteiger partial charge in [0.1, 0.15) is 0 Å². The Hall–Kier alpha value is -2.53. The molecule has 0 saturated carbocycles. The van der Waals surface area contributed by atoms with Gasteiger partial charge in [0.05, 0.1) is 5.69 Å². The molecule has 0 saturated heterocycles. The summed E-state index contributed by atoms with van der Waals surface area (Å²) >= 11 is 0.863. The van der Waals surface area contributed by atoms with E-state index < -0.39 is 0 Å². The predicted molar refractivity (Wildman–Crippen MR) is 82.3 cm³/mol. The Labute approximate surface area is 125 Å². The maximum atomic E-state index is 12.3. The zero-order valence-electron chi connectivity index (χ0n) is 11.3. The van der Waals surface area contributed by atoms with Crippen LogP contribution in [-0.2, 0) is 0 Å². The van der Waals surface area contributed by atoms with Gasteiger partial charge in [-0.25, -0.2) is 0 Å². The predicted octanol–water partition coefficient (Wildman–Crippen LogP) is 2.83. The normalized spacial score (nSPS) is 10.5. The summed E-state index contributed by atoms with van der Waals surface area (Å²) in [6, 6.07) is 16.3. The second-order valence-corrected chi connectivity index (χ2v) is 5.56. The number of carbonyl (C=O) groups is 1. The molecule has 0 aliphatic carbocycles. The van der Waals surface area contributed by atoms with Crippen molar-refractivity contribution in [1.82, 2.24) is 9.78 Å².